The lowest BCUT2D eigenvalue weighted by Crippen LogP contribution is -1.97. The van der Waals surface area contributed by atoms with Crippen LogP contribution in [0.5, 0.6) is 11.5 Å². The van der Waals surface area contributed by atoms with Gasteiger partial charge in [0.15, 0.2) is 0 Å². The van der Waals surface area contributed by atoms with Crippen LogP contribution >= 0.6 is 0 Å². The Morgan fingerprint density at radius 2 is 0.426 bits per heavy atom. The summed E-state index contributed by atoms with van der Waals surface area (Å²) in [5, 5.41) is 0. The lowest BCUT2D eigenvalue weighted by atomic mass is 9.95. The first-order chi connectivity index (χ1) is 30.2. The Labute approximate surface area is 360 Å². The van der Waals surface area contributed by atoms with Crippen molar-refractivity contribution in [3.05, 3.63) is 273 Å². The topological polar surface area (TPSA) is 9.23 Å². The fourth-order valence-electron chi connectivity index (χ4n) is 7.04. The molecule has 0 aliphatic rings. The van der Waals surface area contributed by atoms with Gasteiger partial charge in [0.25, 0.3) is 0 Å². The SMILES string of the molecule is C(=Cc1ccc(Oc2ccc(C=Cc3ccccc3)c(C=Cc3ccccc3)c2C=Cc2ccccc2)c(C=Cc2ccccc2)c1C=Cc1ccccc1)c1ccccc1. The summed E-state index contributed by atoms with van der Waals surface area (Å²) in [6, 6.07) is 71.0. The van der Waals surface area contributed by atoms with E-state index < -0.39 is 0 Å². The van der Waals surface area contributed by atoms with Crippen LogP contribution in [0.2, 0.25) is 0 Å². The summed E-state index contributed by atoms with van der Waals surface area (Å²) in [6.07, 6.45) is 26.2. The molecule has 0 aromatic heterocycles. The van der Waals surface area contributed by atoms with E-state index in [1.807, 2.05) is 36.4 Å². The zero-order valence-electron chi connectivity index (χ0n) is 34.0. The molecule has 0 saturated carbocycles. The van der Waals surface area contributed by atoms with E-state index in [0.29, 0.717) is 0 Å². The summed E-state index contributed by atoms with van der Waals surface area (Å²) in [7, 11) is 0. The van der Waals surface area contributed by atoms with Gasteiger partial charge in [-0.15, -0.1) is 0 Å². The van der Waals surface area contributed by atoms with Gasteiger partial charge in [0.05, 0.1) is 0 Å². The predicted molar refractivity (Wildman–Crippen MR) is 265 cm³/mol. The van der Waals surface area contributed by atoms with E-state index in [9.17, 15) is 0 Å². The average molecular weight is 783 g/mol. The van der Waals surface area contributed by atoms with Crippen LogP contribution in [0.4, 0.5) is 0 Å². The highest BCUT2D eigenvalue weighted by Crippen LogP contribution is 2.38. The molecule has 0 aliphatic heterocycles. The summed E-state index contributed by atoms with van der Waals surface area (Å²) < 4.78 is 7.22. The van der Waals surface area contributed by atoms with Crippen molar-refractivity contribution < 1.29 is 4.74 Å². The van der Waals surface area contributed by atoms with Crippen LogP contribution in [0.1, 0.15) is 66.8 Å². The molecule has 0 bridgehead atoms. The van der Waals surface area contributed by atoms with E-state index in [4.69, 9.17) is 4.74 Å². The molecular formula is C60H46O. The molecule has 0 spiro atoms. The highest BCUT2D eigenvalue weighted by atomic mass is 16.5. The summed E-state index contributed by atoms with van der Waals surface area (Å²) in [6.45, 7) is 0. The largest absolute Gasteiger partial charge is 0.456 e. The van der Waals surface area contributed by atoms with Gasteiger partial charge in [0, 0.05) is 11.1 Å². The molecule has 61 heavy (non-hydrogen) atoms. The summed E-state index contributed by atoms with van der Waals surface area (Å²) in [5.41, 5.74) is 12.9. The standard InChI is InChI=1S/C60H46O/c1-7-19-47(20-8-1)31-37-53-39-45-59(57(43-35-51-27-15-5-16-28-51)55(53)41-33-49-23-11-3-12-24-49)61-60-46-40-54(38-32-48-21-9-2-10-22-48)56(42-34-50-25-13-4-14-26-50)58(60)44-36-52-29-17-6-18-30-52/h1-46H. The van der Waals surface area contributed by atoms with Crippen LogP contribution in [0.25, 0.3) is 72.9 Å². The van der Waals surface area contributed by atoms with Gasteiger partial charge in [-0.05, 0) is 67.8 Å². The average Bonchev–Trinajstić information content (AvgIpc) is 3.33. The van der Waals surface area contributed by atoms with Gasteiger partial charge >= 0.3 is 0 Å². The Morgan fingerprint density at radius 1 is 0.197 bits per heavy atom. The molecule has 0 N–H and O–H groups in total. The van der Waals surface area contributed by atoms with Gasteiger partial charge in [0.2, 0.25) is 0 Å². The van der Waals surface area contributed by atoms with E-state index in [-0.39, 0.29) is 0 Å². The first-order valence-electron chi connectivity index (χ1n) is 20.7. The Kier molecular flexibility index (Phi) is 13.5. The smallest absolute Gasteiger partial charge is 0.135 e. The van der Waals surface area contributed by atoms with E-state index in [1.54, 1.807) is 0 Å². The summed E-state index contributed by atoms with van der Waals surface area (Å²) in [4.78, 5) is 0. The van der Waals surface area contributed by atoms with Gasteiger partial charge in [-0.2, -0.15) is 0 Å². The van der Waals surface area contributed by atoms with Gasteiger partial charge in [0.1, 0.15) is 11.5 Å². The Balaban J connectivity index is 1.32. The molecule has 0 radical (unpaired) electrons. The van der Waals surface area contributed by atoms with Crippen LogP contribution in [0.3, 0.4) is 0 Å². The van der Waals surface area contributed by atoms with Crippen molar-refractivity contribution >= 4 is 72.9 Å². The number of hydrogen-bond acceptors (Lipinski definition) is 1. The van der Waals surface area contributed by atoms with Gasteiger partial charge < -0.3 is 4.74 Å². The molecule has 0 aliphatic carbocycles. The monoisotopic (exact) mass is 782 g/mol. The molecule has 0 amide bonds. The van der Waals surface area contributed by atoms with Crippen molar-refractivity contribution in [3.8, 4) is 11.5 Å². The van der Waals surface area contributed by atoms with Gasteiger partial charge in [-0.3, -0.25) is 0 Å². The minimum Gasteiger partial charge on any atom is -0.456 e. The second-order valence-electron chi connectivity index (χ2n) is 14.5. The maximum atomic E-state index is 7.22. The number of ether oxygens (including phenoxy) is 1. The third-order valence-corrected chi connectivity index (χ3v) is 10.3. The first kappa shape index (κ1) is 39.8. The maximum Gasteiger partial charge on any atom is 0.135 e. The predicted octanol–water partition coefficient (Wildman–Crippen LogP) is 16.5. The third-order valence-electron chi connectivity index (χ3n) is 10.3. The first-order valence-corrected chi connectivity index (χ1v) is 20.7. The van der Waals surface area contributed by atoms with Crippen LogP contribution in [0, 0.1) is 0 Å². The van der Waals surface area contributed by atoms with Crippen molar-refractivity contribution in [1.82, 2.24) is 0 Å². The molecule has 1 heteroatoms. The van der Waals surface area contributed by atoms with Gasteiger partial charge in [-0.25, -0.2) is 0 Å². The van der Waals surface area contributed by atoms with Crippen molar-refractivity contribution in [2.45, 2.75) is 0 Å². The van der Waals surface area contributed by atoms with Crippen molar-refractivity contribution in [2.24, 2.45) is 0 Å². The summed E-state index contributed by atoms with van der Waals surface area (Å²) >= 11 is 0. The molecule has 8 rings (SSSR count). The number of rotatable bonds is 14. The van der Waals surface area contributed by atoms with Crippen LogP contribution in [-0.4, -0.2) is 0 Å². The lowest BCUT2D eigenvalue weighted by molar-refractivity contribution is 0.480. The Hall–Kier alpha value is -8.00. The van der Waals surface area contributed by atoms with Crippen LogP contribution < -0.4 is 4.74 Å². The molecule has 0 atom stereocenters. The molecule has 292 valence electrons. The molecular weight excluding hydrogens is 737 g/mol. The third kappa shape index (κ3) is 11.1. The number of hydrogen-bond donors (Lipinski definition) is 0. The second kappa shape index (κ2) is 20.6. The minimum atomic E-state index is 0.747. The highest BCUT2D eigenvalue weighted by molar-refractivity contribution is 5.90. The van der Waals surface area contributed by atoms with Crippen molar-refractivity contribution in [1.29, 1.82) is 0 Å². The molecule has 1 nitrogen and oxygen atoms in total. The minimum absolute atomic E-state index is 0.747. The highest BCUT2D eigenvalue weighted by Gasteiger charge is 2.16. The maximum absolute atomic E-state index is 7.22. The molecule has 0 heterocycles. The fourth-order valence-corrected chi connectivity index (χ4v) is 7.04. The molecule has 8 aromatic rings. The van der Waals surface area contributed by atoms with Crippen LogP contribution in [0.15, 0.2) is 206 Å². The van der Waals surface area contributed by atoms with E-state index >= 15 is 0 Å². The quantitative estimate of drug-likeness (QED) is 0.0999. The Bertz CT molecular complexity index is 2610. The lowest BCUT2D eigenvalue weighted by Gasteiger charge is -2.18. The second-order valence-corrected chi connectivity index (χ2v) is 14.5. The van der Waals surface area contributed by atoms with Crippen molar-refractivity contribution in [3.63, 3.8) is 0 Å². The van der Waals surface area contributed by atoms with Crippen LogP contribution in [-0.2, 0) is 0 Å². The molecule has 8 aromatic carbocycles. The fraction of sp³-hybridized carbons (Fsp3) is 0. The van der Waals surface area contributed by atoms with E-state index in [1.165, 1.54) is 0 Å². The van der Waals surface area contributed by atoms with Crippen molar-refractivity contribution in [2.75, 3.05) is 0 Å². The number of benzene rings is 8. The Morgan fingerprint density at radius 3 is 0.689 bits per heavy atom. The van der Waals surface area contributed by atoms with Gasteiger partial charge in [-0.1, -0.05) is 267 Å². The molecule has 0 fully saturated rings. The zero-order chi connectivity index (χ0) is 41.3. The molecule has 0 saturated heterocycles. The van der Waals surface area contributed by atoms with E-state index in [0.717, 1.165) is 78.3 Å². The molecule has 0 unspecified atom stereocenters. The normalized spacial score (nSPS) is 11.9. The zero-order valence-corrected chi connectivity index (χ0v) is 34.0. The summed E-state index contributed by atoms with van der Waals surface area (Å²) in [5.74, 6) is 1.49. The van der Waals surface area contributed by atoms with E-state index in [2.05, 4.69) is 243 Å².